The van der Waals surface area contributed by atoms with E-state index in [1.165, 1.54) is 0 Å². The number of nitrogens with one attached hydrogen (secondary N) is 1. The number of hydrogen-bond acceptors (Lipinski definition) is 2. The number of hydrogen-bond donors (Lipinski definition) is 2. The summed E-state index contributed by atoms with van der Waals surface area (Å²) in [6.45, 7) is 1.96. The maximum Gasteiger partial charge on any atom is 0.307 e. The first-order valence-corrected chi connectivity index (χ1v) is 7.12. The fourth-order valence-electron chi connectivity index (χ4n) is 2.72. The molecule has 0 aliphatic heterocycles. The summed E-state index contributed by atoms with van der Waals surface area (Å²) in [4.78, 5) is 23.4. The second kappa shape index (κ2) is 6.02. The van der Waals surface area contributed by atoms with Crippen LogP contribution in [0, 0.1) is 17.8 Å². The maximum atomic E-state index is 12.2. The lowest BCUT2D eigenvalue weighted by atomic mass is 9.95. The van der Waals surface area contributed by atoms with Crippen LogP contribution in [-0.2, 0) is 9.59 Å². The minimum Gasteiger partial charge on any atom is -0.481 e. The number of aliphatic carboxylic acids is 1. The van der Waals surface area contributed by atoms with Crippen LogP contribution in [-0.4, -0.2) is 17.0 Å². The van der Waals surface area contributed by atoms with Crippen molar-refractivity contribution in [1.82, 2.24) is 0 Å². The molecule has 0 radical (unpaired) electrons. The van der Waals surface area contributed by atoms with Crippen LogP contribution >= 0.6 is 23.2 Å². The zero-order chi connectivity index (χ0) is 14.9. The zero-order valence-electron chi connectivity index (χ0n) is 10.9. The van der Waals surface area contributed by atoms with Crippen molar-refractivity contribution in [2.45, 2.75) is 19.8 Å². The lowest BCUT2D eigenvalue weighted by Gasteiger charge is -2.15. The molecule has 108 valence electrons. The van der Waals surface area contributed by atoms with Crippen molar-refractivity contribution in [2.75, 3.05) is 5.32 Å². The van der Waals surface area contributed by atoms with Gasteiger partial charge in [0, 0.05) is 15.7 Å². The van der Waals surface area contributed by atoms with Gasteiger partial charge in [-0.2, -0.15) is 0 Å². The van der Waals surface area contributed by atoms with Gasteiger partial charge in [0.15, 0.2) is 0 Å². The van der Waals surface area contributed by atoms with Crippen molar-refractivity contribution in [2.24, 2.45) is 17.8 Å². The summed E-state index contributed by atoms with van der Waals surface area (Å²) >= 11 is 11.7. The number of anilines is 1. The Hall–Kier alpha value is -1.26. The number of carbonyl (C=O) groups is 2. The fraction of sp³-hybridized carbons (Fsp3) is 0.429. The molecule has 1 fully saturated rings. The van der Waals surface area contributed by atoms with E-state index in [9.17, 15) is 14.7 Å². The van der Waals surface area contributed by atoms with Crippen molar-refractivity contribution in [3.05, 3.63) is 28.2 Å². The Bertz CT molecular complexity index is 527. The van der Waals surface area contributed by atoms with Crippen LogP contribution in [0.25, 0.3) is 0 Å². The first-order chi connectivity index (χ1) is 9.36. The minimum atomic E-state index is -0.918. The number of amides is 1. The van der Waals surface area contributed by atoms with Gasteiger partial charge < -0.3 is 10.4 Å². The summed E-state index contributed by atoms with van der Waals surface area (Å²) in [5.74, 6) is -2.12. The molecule has 4 nitrogen and oxygen atoms in total. The molecule has 3 atom stereocenters. The van der Waals surface area contributed by atoms with Crippen molar-refractivity contribution in [3.63, 3.8) is 0 Å². The standard InChI is InChI=1S/C14H15Cl2NO3/c1-7-2-11(12(3-7)14(19)20)13(18)17-10-5-8(15)4-9(16)6-10/h4-7,11-12H,2-3H2,1H3,(H,17,18)(H,19,20). The molecule has 20 heavy (non-hydrogen) atoms. The van der Waals surface area contributed by atoms with E-state index in [1.807, 2.05) is 6.92 Å². The van der Waals surface area contributed by atoms with Crippen LogP contribution in [0.15, 0.2) is 18.2 Å². The third-order valence-corrected chi connectivity index (χ3v) is 4.02. The van der Waals surface area contributed by atoms with Crippen LogP contribution in [0.2, 0.25) is 10.0 Å². The van der Waals surface area contributed by atoms with Crippen molar-refractivity contribution < 1.29 is 14.7 Å². The van der Waals surface area contributed by atoms with Gasteiger partial charge in [0.05, 0.1) is 11.8 Å². The molecule has 1 amide bonds. The molecule has 0 aromatic heterocycles. The Morgan fingerprint density at radius 2 is 1.70 bits per heavy atom. The largest absolute Gasteiger partial charge is 0.481 e. The molecule has 6 heteroatoms. The molecule has 1 aromatic carbocycles. The molecule has 0 bridgehead atoms. The van der Waals surface area contributed by atoms with E-state index in [2.05, 4.69) is 5.32 Å². The molecule has 1 aliphatic rings. The summed E-state index contributed by atoms with van der Waals surface area (Å²) in [7, 11) is 0. The smallest absolute Gasteiger partial charge is 0.307 e. The second-order valence-electron chi connectivity index (χ2n) is 5.28. The molecule has 1 aliphatic carbocycles. The second-order valence-corrected chi connectivity index (χ2v) is 6.15. The predicted octanol–water partition coefficient (Wildman–Crippen LogP) is 3.68. The Morgan fingerprint density at radius 3 is 2.25 bits per heavy atom. The number of carbonyl (C=O) groups excluding carboxylic acids is 1. The highest BCUT2D eigenvalue weighted by molar-refractivity contribution is 6.35. The average Bonchev–Trinajstić information content (AvgIpc) is 2.70. The monoisotopic (exact) mass is 315 g/mol. The molecule has 3 unspecified atom stereocenters. The summed E-state index contributed by atoms with van der Waals surface area (Å²) in [6.07, 6.45) is 1.11. The van der Waals surface area contributed by atoms with Gasteiger partial charge in [0.1, 0.15) is 0 Å². The van der Waals surface area contributed by atoms with Crippen LogP contribution in [0.5, 0.6) is 0 Å². The zero-order valence-corrected chi connectivity index (χ0v) is 12.4. The molecular weight excluding hydrogens is 301 g/mol. The molecule has 0 spiro atoms. The highest BCUT2D eigenvalue weighted by Crippen LogP contribution is 2.37. The third-order valence-electron chi connectivity index (χ3n) is 3.58. The van der Waals surface area contributed by atoms with E-state index >= 15 is 0 Å². The van der Waals surface area contributed by atoms with Gasteiger partial charge in [-0.25, -0.2) is 0 Å². The lowest BCUT2D eigenvalue weighted by molar-refractivity contribution is -0.145. The molecule has 2 N–H and O–H groups in total. The summed E-state index contributed by atoms with van der Waals surface area (Å²) < 4.78 is 0. The van der Waals surface area contributed by atoms with Gasteiger partial charge in [-0.1, -0.05) is 30.1 Å². The van der Waals surface area contributed by atoms with Gasteiger partial charge in [-0.15, -0.1) is 0 Å². The molecule has 0 heterocycles. The fourth-order valence-corrected chi connectivity index (χ4v) is 3.24. The van der Waals surface area contributed by atoms with Gasteiger partial charge >= 0.3 is 5.97 Å². The van der Waals surface area contributed by atoms with Crippen LogP contribution in [0.1, 0.15) is 19.8 Å². The van der Waals surface area contributed by atoms with Gasteiger partial charge in [-0.05, 0) is 37.0 Å². The number of carboxylic acids is 1. The van der Waals surface area contributed by atoms with Crippen molar-refractivity contribution in [3.8, 4) is 0 Å². The summed E-state index contributed by atoms with van der Waals surface area (Å²) in [5, 5.41) is 12.7. The first kappa shape index (κ1) is 15.1. The minimum absolute atomic E-state index is 0.231. The highest BCUT2D eigenvalue weighted by atomic mass is 35.5. The van der Waals surface area contributed by atoms with E-state index in [0.29, 0.717) is 28.6 Å². The predicted molar refractivity (Wildman–Crippen MR) is 78.1 cm³/mol. The van der Waals surface area contributed by atoms with Gasteiger partial charge in [0.2, 0.25) is 5.91 Å². The Labute approximate surface area is 127 Å². The lowest BCUT2D eigenvalue weighted by Crippen LogP contribution is -2.29. The van der Waals surface area contributed by atoms with E-state index in [1.54, 1.807) is 18.2 Å². The number of rotatable bonds is 3. The Kier molecular flexibility index (Phi) is 4.55. The third kappa shape index (κ3) is 3.44. The van der Waals surface area contributed by atoms with Crippen LogP contribution in [0.4, 0.5) is 5.69 Å². The molecule has 1 saturated carbocycles. The quantitative estimate of drug-likeness (QED) is 0.894. The molecule has 0 saturated heterocycles. The van der Waals surface area contributed by atoms with E-state index in [0.717, 1.165) is 0 Å². The van der Waals surface area contributed by atoms with E-state index in [4.69, 9.17) is 23.2 Å². The van der Waals surface area contributed by atoms with Crippen LogP contribution in [0.3, 0.4) is 0 Å². The van der Waals surface area contributed by atoms with Gasteiger partial charge in [0.25, 0.3) is 0 Å². The topological polar surface area (TPSA) is 66.4 Å². The first-order valence-electron chi connectivity index (χ1n) is 6.36. The Morgan fingerprint density at radius 1 is 1.15 bits per heavy atom. The Balaban J connectivity index is 2.13. The normalized spacial score (nSPS) is 25.4. The highest BCUT2D eigenvalue weighted by Gasteiger charge is 2.41. The van der Waals surface area contributed by atoms with E-state index in [-0.39, 0.29) is 11.8 Å². The maximum absolute atomic E-state index is 12.2. The summed E-state index contributed by atoms with van der Waals surface area (Å²) in [6, 6.07) is 4.73. The molecule has 1 aromatic rings. The number of halogens is 2. The molecule has 2 rings (SSSR count). The number of carboxylic acid groups (broad SMARTS) is 1. The molecular formula is C14H15Cl2NO3. The average molecular weight is 316 g/mol. The van der Waals surface area contributed by atoms with Crippen molar-refractivity contribution >= 4 is 40.8 Å². The van der Waals surface area contributed by atoms with Crippen LogP contribution < -0.4 is 5.32 Å². The van der Waals surface area contributed by atoms with Gasteiger partial charge in [-0.3, -0.25) is 9.59 Å². The summed E-state index contributed by atoms with van der Waals surface area (Å²) in [5.41, 5.74) is 0.483. The SMILES string of the molecule is CC1CC(C(=O)O)C(C(=O)Nc2cc(Cl)cc(Cl)c2)C1. The van der Waals surface area contributed by atoms with Crippen molar-refractivity contribution in [1.29, 1.82) is 0 Å². The van der Waals surface area contributed by atoms with E-state index < -0.39 is 17.8 Å². The number of benzene rings is 1.